The number of aromatic nitrogens is 4. The van der Waals surface area contributed by atoms with Crippen LogP contribution in [0.1, 0.15) is 73.4 Å². The number of amides is 1. The van der Waals surface area contributed by atoms with Crippen LogP contribution in [0.4, 0.5) is 19.0 Å². The molecule has 0 saturated carbocycles. The summed E-state index contributed by atoms with van der Waals surface area (Å²) in [6, 6.07) is 1.61. The Bertz CT molecular complexity index is 947. The zero-order valence-electron chi connectivity index (χ0n) is 17.6. The minimum atomic E-state index is -4.35. The molecular weight excluding hydrogens is 397 g/mol. The van der Waals surface area contributed by atoms with Gasteiger partial charge in [-0.2, -0.15) is 23.4 Å². The van der Waals surface area contributed by atoms with Crippen molar-refractivity contribution in [2.75, 3.05) is 18.4 Å². The standard InChI is InChI=1S/C20H27F3N6O/c1-11(2)14-8-16(27(4)25-14)19(30)28-6-5-13(10-28)15-9-18-24-12(3)7-17(20(21,22)23)29(18)26-15/h8-9,11-13,17,24H,5-7,10H2,1-4H3/t12-,13+,17-/m1/s1. The molecule has 2 aliphatic rings. The fourth-order valence-corrected chi connectivity index (χ4v) is 4.30. The molecule has 0 radical (unpaired) electrons. The van der Waals surface area contributed by atoms with Gasteiger partial charge < -0.3 is 10.2 Å². The summed E-state index contributed by atoms with van der Waals surface area (Å²) in [5.41, 5.74) is 1.98. The zero-order valence-corrected chi connectivity index (χ0v) is 17.6. The average Bonchev–Trinajstić information content (AvgIpc) is 3.36. The van der Waals surface area contributed by atoms with E-state index >= 15 is 0 Å². The van der Waals surface area contributed by atoms with Gasteiger partial charge in [-0.15, -0.1) is 0 Å². The van der Waals surface area contributed by atoms with Crippen molar-refractivity contribution < 1.29 is 18.0 Å². The van der Waals surface area contributed by atoms with Crippen molar-refractivity contribution in [1.29, 1.82) is 0 Å². The topological polar surface area (TPSA) is 68.0 Å². The van der Waals surface area contributed by atoms with E-state index < -0.39 is 12.2 Å². The predicted octanol–water partition coefficient (Wildman–Crippen LogP) is 3.68. The lowest BCUT2D eigenvalue weighted by Crippen LogP contribution is -2.37. The Balaban J connectivity index is 1.52. The number of halogens is 3. The average molecular weight is 424 g/mol. The number of nitrogens with one attached hydrogen (secondary N) is 1. The maximum atomic E-state index is 13.5. The molecule has 4 rings (SSSR count). The lowest BCUT2D eigenvalue weighted by atomic mass is 10.0. The van der Waals surface area contributed by atoms with Crippen LogP contribution in [-0.2, 0) is 7.05 Å². The van der Waals surface area contributed by atoms with E-state index in [9.17, 15) is 18.0 Å². The van der Waals surface area contributed by atoms with Crippen LogP contribution in [0, 0.1) is 0 Å². The molecule has 2 aliphatic heterocycles. The van der Waals surface area contributed by atoms with E-state index in [1.807, 2.05) is 19.9 Å². The van der Waals surface area contributed by atoms with Gasteiger partial charge >= 0.3 is 6.18 Å². The third kappa shape index (κ3) is 3.67. The van der Waals surface area contributed by atoms with Crippen molar-refractivity contribution in [3.05, 3.63) is 29.2 Å². The van der Waals surface area contributed by atoms with Gasteiger partial charge in [0.1, 0.15) is 11.5 Å². The zero-order chi connectivity index (χ0) is 21.8. The first-order valence-electron chi connectivity index (χ1n) is 10.3. The first-order valence-corrected chi connectivity index (χ1v) is 10.3. The molecule has 164 valence electrons. The van der Waals surface area contributed by atoms with E-state index in [1.54, 1.807) is 29.6 Å². The van der Waals surface area contributed by atoms with Crippen LogP contribution < -0.4 is 5.32 Å². The molecule has 1 saturated heterocycles. The van der Waals surface area contributed by atoms with Crippen molar-refractivity contribution >= 4 is 11.7 Å². The third-order valence-electron chi connectivity index (χ3n) is 6.00. The summed E-state index contributed by atoms with van der Waals surface area (Å²) in [4.78, 5) is 14.7. The maximum Gasteiger partial charge on any atom is 0.410 e. The van der Waals surface area contributed by atoms with E-state index in [1.165, 1.54) is 0 Å². The summed E-state index contributed by atoms with van der Waals surface area (Å²) in [6.07, 6.45) is -3.73. The Labute approximate surface area is 173 Å². The van der Waals surface area contributed by atoms with Crippen LogP contribution in [-0.4, -0.2) is 55.7 Å². The number of carbonyl (C=O) groups is 1. The second-order valence-corrected chi connectivity index (χ2v) is 8.71. The highest BCUT2D eigenvalue weighted by atomic mass is 19.4. The lowest BCUT2D eigenvalue weighted by Gasteiger charge is -2.31. The number of anilines is 1. The molecule has 30 heavy (non-hydrogen) atoms. The van der Waals surface area contributed by atoms with Crippen LogP contribution in [0.5, 0.6) is 0 Å². The number of hydrogen-bond donors (Lipinski definition) is 1. The number of aryl methyl sites for hydroxylation is 1. The summed E-state index contributed by atoms with van der Waals surface area (Å²) in [7, 11) is 1.75. The third-order valence-corrected chi connectivity index (χ3v) is 6.00. The summed E-state index contributed by atoms with van der Waals surface area (Å²) in [5, 5.41) is 11.8. The van der Waals surface area contributed by atoms with E-state index in [0.29, 0.717) is 36.7 Å². The highest BCUT2D eigenvalue weighted by Gasteiger charge is 2.46. The Morgan fingerprint density at radius 3 is 2.63 bits per heavy atom. The summed E-state index contributed by atoms with van der Waals surface area (Å²) in [6.45, 7) is 6.76. The van der Waals surface area contributed by atoms with Crippen molar-refractivity contribution in [2.45, 2.75) is 63.7 Å². The molecule has 0 aliphatic carbocycles. The fourth-order valence-electron chi connectivity index (χ4n) is 4.30. The quantitative estimate of drug-likeness (QED) is 0.816. The van der Waals surface area contributed by atoms with E-state index in [2.05, 4.69) is 15.5 Å². The van der Waals surface area contributed by atoms with Gasteiger partial charge in [0.25, 0.3) is 5.91 Å². The van der Waals surface area contributed by atoms with E-state index in [-0.39, 0.29) is 30.2 Å². The molecule has 0 aromatic carbocycles. The Kier molecular flexibility index (Phi) is 5.06. The van der Waals surface area contributed by atoms with Gasteiger partial charge in [0.15, 0.2) is 6.04 Å². The van der Waals surface area contributed by atoms with Crippen LogP contribution in [0.3, 0.4) is 0 Å². The first-order chi connectivity index (χ1) is 14.0. The van der Waals surface area contributed by atoms with Crippen LogP contribution >= 0.6 is 0 Å². The molecule has 1 fully saturated rings. The molecule has 1 N–H and O–H groups in total. The lowest BCUT2D eigenvalue weighted by molar-refractivity contribution is -0.173. The van der Waals surface area contributed by atoms with E-state index in [4.69, 9.17) is 0 Å². The highest BCUT2D eigenvalue weighted by molar-refractivity contribution is 5.93. The van der Waals surface area contributed by atoms with Crippen LogP contribution in [0.2, 0.25) is 0 Å². The molecule has 0 unspecified atom stereocenters. The van der Waals surface area contributed by atoms with Gasteiger partial charge in [0, 0.05) is 38.2 Å². The smallest absolute Gasteiger partial charge is 0.368 e. The number of hydrogen-bond acceptors (Lipinski definition) is 4. The molecule has 0 spiro atoms. The molecule has 2 aromatic heterocycles. The SMILES string of the molecule is CC(C)c1cc(C(=O)N2CC[C@H](c3cc4n(n3)[C@@H](C(F)(F)F)C[C@@H](C)N4)C2)n(C)n1. The molecule has 3 atom stereocenters. The minimum absolute atomic E-state index is 0.0500. The molecule has 4 heterocycles. The summed E-state index contributed by atoms with van der Waals surface area (Å²) < 4.78 is 43.1. The second kappa shape index (κ2) is 7.31. The van der Waals surface area contributed by atoms with Crippen molar-refractivity contribution in [3.63, 3.8) is 0 Å². The predicted molar refractivity (Wildman–Crippen MR) is 106 cm³/mol. The molecule has 2 aromatic rings. The number of rotatable bonds is 3. The van der Waals surface area contributed by atoms with Gasteiger partial charge in [-0.05, 0) is 31.7 Å². The number of alkyl halides is 3. The van der Waals surface area contributed by atoms with Gasteiger partial charge in [-0.1, -0.05) is 13.8 Å². The number of fused-ring (bicyclic) bond motifs is 1. The van der Waals surface area contributed by atoms with Gasteiger partial charge in [0.05, 0.1) is 11.4 Å². The van der Waals surface area contributed by atoms with Gasteiger partial charge in [0.2, 0.25) is 0 Å². The fraction of sp³-hybridized carbons (Fsp3) is 0.650. The van der Waals surface area contributed by atoms with Crippen LogP contribution in [0.25, 0.3) is 0 Å². The molecule has 1 amide bonds. The molecular formula is C20H27F3N6O. The Morgan fingerprint density at radius 2 is 2.00 bits per heavy atom. The number of carbonyl (C=O) groups excluding carboxylic acids is 1. The molecule has 7 nitrogen and oxygen atoms in total. The minimum Gasteiger partial charge on any atom is -0.368 e. The van der Waals surface area contributed by atoms with Gasteiger partial charge in [-0.25, -0.2) is 4.68 Å². The van der Waals surface area contributed by atoms with Crippen molar-refractivity contribution in [1.82, 2.24) is 24.5 Å². The maximum absolute atomic E-state index is 13.5. The Morgan fingerprint density at radius 1 is 1.27 bits per heavy atom. The number of nitrogens with zero attached hydrogens (tertiary/aromatic N) is 5. The summed E-state index contributed by atoms with van der Waals surface area (Å²) in [5.74, 6) is 0.417. The summed E-state index contributed by atoms with van der Waals surface area (Å²) >= 11 is 0. The van der Waals surface area contributed by atoms with E-state index in [0.717, 1.165) is 10.4 Å². The second-order valence-electron chi connectivity index (χ2n) is 8.71. The van der Waals surface area contributed by atoms with Crippen molar-refractivity contribution in [3.8, 4) is 0 Å². The van der Waals surface area contributed by atoms with Crippen LogP contribution in [0.15, 0.2) is 12.1 Å². The number of likely N-dealkylation sites (tertiary alicyclic amines) is 1. The largest absolute Gasteiger partial charge is 0.410 e. The van der Waals surface area contributed by atoms with Crippen molar-refractivity contribution in [2.24, 2.45) is 7.05 Å². The normalized spacial score (nSPS) is 24.3. The first kappa shape index (κ1) is 20.7. The monoisotopic (exact) mass is 424 g/mol. The van der Waals surface area contributed by atoms with Gasteiger partial charge in [-0.3, -0.25) is 9.48 Å². The molecule has 0 bridgehead atoms. The molecule has 10 heteroatoms. The Hall–Kier alpha value is -2.52. The highest BCUT2D eigenvalue weighted by Crippen LogP contribution is 2.40.